The van der Waals surface area contributed by atoms with E-state index in [9.17, 15) is 0 Å². The van der Waals surface area contributed by atoms with Crippen molar-refractivity contribution in [3.05, 3.63) is 23.8 Å². The second-order valence-corrected chi connectivity index (χ2v) is 6.45. The van der Waals surface area contributed by atoms with Crippen molar-refractivity contribution < 1.29 is 0 Å². The average molecular weight is 261 g/mol. The summed E-state index contributed by atoms with van der Waals surface area (Å²) in [6.45, 7) is 10.0. The molecular formula is C16H27N3. The molecule has 0 atom stereocenters. The standard InChI is InChI=1S/C16H27N3/c1-13-7-8-14(11-15(13)18(4)5)19-10-6-9-17-16(2,3)12-19/h7-8,11,17H,6,9-10,12H2,1-5H3. The number of benzene rings is 1. The highest BCUT2D eigenvalue weighted by Crippen LogP contribution is 2.27. The van der Waals surface area contributed by atoms with E-state index in [1.54, 1.807) is 0 Å². The molecule has 1 aromatic rings. The number of rotatable bonds is 2. The fraction of sp³-hybridized carbons (Fsp3) is 0.625. The number of hydrogen-bond acceptors (Lipinski definition) is 3. The molecule has 0 bridgehead atoms. The first-order valence-electron chi connectivity index (χ1n) is 7.17. The van der Waals surface area contributed by atoms with E-state index in [0.29, 0.717) is 0 Å². The highest BCUT2D eigenvalue weighted by Gasteiger charge is 2.24. The van der Waals surface area contributed by atoms with Gasteiger partial charge in [-0.05, 0) is 51.4 Å². The summed E-state index contributed by atoms with van der Waals surface area (Å²) < 4.78 is 0. The van der Waals surface area contributed by atoms with Gasteiger partial charge in [-0.15, -0.1) is 0 Å². The molecular weight excluding hydrogens is 234 g/mol. The molecule has 1 aliphatic rings. The van der Waals surface area contributed by atoms with Crippen molar-refractivity contribution in [1.82, 2.24) is 5.32 Å². The average Bonchev–Trinajstić information content (AvgIpc) is 2.50. The Morgan fingerprint density at radius 1 is 1.26 bits per heavy atom. The summed E-state index contributed by atoms with van der Waals surface area (Å²) in [5.41, 5.74) is 4.17. The van der Waals surface area contributed by atoms with Gasteiger partial charge < -0.3 is 15.1 Å². The van der Waals surface area contributed by atoms with Gasteiger partial charge >= 0.3 is 0 Å². The van der Waals surface area contributed by atoms with Crippen molar-refractivity contribution in [2.24, 2.45) is 0 Å². The zero-order chi connectivity index (χ0) is 14.0. The Bertz CT molecular complexity index is 438. The zero-order valence-electron chi connectivity index (χ0n) is 13.0. The summed E-state index contributed by atoms with van der Waals surface area (Å²) in [5, 5.41) is 3.62. The van der Waals surface area contributed by atoms with Gasteiger partial charge in [-0.3, -0.25) is 0 Å². The molecule has 0 saturated carbocycles. The van der Waals surface area contributed by atoms with Crippen LogP contribution in [0.5, 0.6) is 0 Å². The lowest BCUT2D eigenvalue weighted by Crippen LogP contribution is -2.46. The van der Waals surface area contributed by atoms with Crippen molar-refractivity contribution in [3.8, 4) is 0 Å². The van der Waals surface area contributed by atoms with Crippen LogP contribution >= 0.6 is 0 Å². The SMILES string of the molecule is Cc1ccc(N2CCCNC(C)(C)C2)cc1N(C)C. The first-order valence-corrected chi connectivity index (χ1v) is 7.17. The van der Waals surface area contributed by atoms with E-state index in [0.717, 1.165) is 19.6 Å². The summed E-state index contributed by atoms with van der Waals surface area (Å²) in [5.74, 6) is 0. The maximum Gasteiger partial charge on any atom is 0.0411 e. The monoisotopic (exact) mass is 261 g/mol. The van der Waals surface area contributed by atoms with Gasteiger partial charge in [0.15, 0.2) is 0 Å². The maximum atomic E-state index is 3.62. The Kier molecular flexibility index (Phi) is 4.04. The first-order chi connectivity index (χ1) is 8.89. The van der Waals surface area contributed by atoms with Gasteiger partial charge in [0.05, 0.1) is 0 Å². The van der Waals surface area contributed by atoms with Crippen LogP contribution in [-0.4, -0.2) is 39.3 Å². The van der Waals surface area contributed by atoms with Gasteiger partial charge in [-0.25, -0.2) is 0 Å². The minimum absolute atomic E-state index is 0.180. The van der Waals surface area contributed by atoms with Crippen LogP contribution in [0.1, 0.15) is 25.8 Å². The molecule has 3 heteroatoms. The molecule has 0 amide bonds. The van der Waals surface area contributed by atoms with Gasteiger partial charge in [0.25, 0.3) is 0 Å². The van der Waals surface area contributed by atoms with Crippen LogP contribution in [0.4, 0.5) is 11.4 Å². The molecule has 1 aromatic carbocycles. The lowest BCUT2D eigenvalue weighted by Gasteiger charge is -2.32. The number of nitrogens with one attached hydrogen (secondary N) is 1. The first kappa shape index (κ1) is 14.2. The minimum Gasteiger partial charge on any atom is -0.377 e. The van der Waals surface area contributed by atoms with Gasteiger partial charge in [0.2, 0.25) is 0 Å². The Morgan fingerprint density at radius 3 is 2.68 bits per heavy atom. The largest absolute Gasteiger partial charge is 0.377 e. The van der Waals surface area contributed by atoms with Gasteiger partial charge in [0, 0.05) is 44.1 Å². The Labute approximate surface area is 117 Å². The van der Waals surface area contributed by atoms with Crippen LogP contribution in [0.2, 0.25) is 0 Å². The van der Waals surface area contributed by atoms with E-state index < -0.39 is 0 Å². The van der Waals surface area contributed by atoms with Crippen molar-refractivity contribution in [2.75, 3.05) is 43.5 Å². The molecule has 0 unspecified atom stereocenters. The Hall–Kier alpha value is -1.22. The van der Waals surface area contributed by atoms with Crippen LogP contribution in [0.25, 0.3) is 0 Å². The molecule has 1 N–H and O–H groups in total. The number of aryl methyl sites for hydroxylation is 1. The molecule has 0 aliphatic carbocycles. The van der Waals surface area contributed by atoms with Crippen LogP contribution < -0.4 is 15.1 Å². The van der Waals surface area contributed by atoms with E-state index in [4.69, 9.17) is 0 Å². The molecule has 106 valence electrons. The van der Waals surface area contributed by atoms with Gasteiger partial charge in [0.1, 0.15) is 0 Å². The molecule has 2 rings (SSSR count). The van der Waals surface area contributed by atoms with Crippen LogP contribution in [0.15, 0.2) is 18.2 Å². The summed E-state index contributed by atoms with van der Waals surface area (Å²) in [7, 11) is 4.22. The third-order valence-corrected chi connectivity index (χ3v) is 3.83. The van der Waals surface area contributed by atoms with Crippen molar-refractivity contribution >= 4 is 11.4 Å². The molecule has 19 heavy (non-hydrogen) atoms. The third-order valence-electron chi connectivity index (χ3n) is 3.83. The summed E-state index contributed by atoms with van der Waals surface area (Å²) in [6.07, 6.45) is 1.20. The van der Waals surface area contributed by atoms with E-state index in [2.05, 4.69) is 68.2 Å². The van der Waals surface area contributed by atoms with Crippen molar-refractivity contribution in [3.63, 3.8) is 0 Å². The smallest absolute Gasteiger partial charge is 0.0411 e. The predicted molar refractivity (Wildman–Crippen MR) is 84.4 cm³/mol. The third kappa shape index (κ3) is 3.41. The van der Waals surface area contributed by atoms with Crippen LogP contribution in [-0.2, 0) is 0 Å². The lowest BCUT2D eigenvalue weighted by atomic mass is 10.0. The number of anilines is 2. The molecule has 1 aliphatic heterocycles. The molecule has 0 aromatic heterocycles. The zero-order valence-corrected chi connectivity index (χ0v) is 13.0. The fourth-order valence-corrected chi connectivity index (χ4v) is 2.81. The fourth-order valence-electron chi connectivity index (χ4n) is 2.81. The quantitative estimate of drug-likeness (QED) is 0.883. The van der Waals surface area contributed by atoms with E-state index in [-0.39, 0.29) is 5.54 Å². The van der Waals surface area contributed by atoms with Crippen LogP contribution in [0, 0.1) is 6.92 Å². The normalized spacial score (nSPS) is 19.1. The molecule has 0 radical (unpaired) electrons. The van der Waals surface area contributed by atoms with Crippen molar-refractivity contribution in [2.45, 2.75) is 32.7 Å². The van der Waals surface area contributed by atoms with E-state index >= 15 is 0 Å². The van der Waals surface area contributed by atoms with Gasteiger partial charge in [-0.2, -0.15) is 0 Å². The topological polar surface area (TPSA) is 18.5 Å². The summed E-state index contributed by atoms with van der Waals surface area (Å²) >= 11 is 0. The molecule has 1 saturated heterocycles. The van der Waals surface area contributed by atoms with Crippen molar-refractivity contribution in [1.29, 1.82) is 0 Å². The Morgan fingerprint density at radius 2 is 2.00 bits per heavy atom. The molecule has 0 spiro atoms. The Balaban J connectivity index is 2.27. The summed E-state index contributed by atoms with van der Waals surface area (Å²) in [4.78, 5) is 4.70. The number of nitrogens with zero attached hydrogens (tertiary/aromatic N) is 2. The molecule has 1 fully saturated rings. The predicted octanol–water partition coefficient (Wildman–Crippen LogP) is 2.64. The highest BCUT2D eigenvalue weighted by atomic mass is 15.2. The highest BCUT2D eigenvalue weighted by molar-refractivity contribution is 5.63. The lowest BCUT2D eigenvalue weighted by molar-refractivity contribution is 0.416. The maximum absolute atomic E-state index is 3.62. The molecule has 3 nitrogen and oxygen atoms in total. The molecule has 1 heterocycles. The number of hydrogen-bond donors (Lipinski definition) is 1. The van der Waals surface area contributed by atoms with Crippen LogP contribution in [0.3, 0.4) is 0 Å². The minimum atomic E-state index is 0.180. The summed E-state index contributed by atoms with van der Waals surface area (Å²) in [6, 6.07) is 6.80. The van der Waals surface area contributed by atoms with Gasteiger partial charge in [-0.1, -0.05) is 6.07 Å². The van der Waals surface area contributed by atoms with E-state index in [1.807, 2.05) is 0 Å². The van der Waals surface area contributed by atoms with E-state index in [1.165, 1.54) is 23.4 Å². The second kappa shape index (κ2) is 5.41. The second-order valence-electron chi connectivity index (χ2n) is 6.45.